The van der Waals surface area contributed by atoms with Crippen LogP contribution in [0.4, 0.5) is 5.69 Å². The molecule has 5 nitrogen and oxygen atoms in total. The first-order valence-corrected chi connectivity index (χ1v) is 8.09. The van der Waals surface area contributed by atoms with Crippen LogP contribution in [0.15, 0.2) is 18.2 Å². The van der Waals surface area contributed by atoms with Gasteiger partial charge in [-0.1, -0.05) is 18.5 Å². The molecule has 0 atom stereocenters. The molecule has 22 heavy (non-hydrogen) atoms. The Labute approximate surface area is 135 Å². The van der Waals surface area contributed by atoms with E-state index in [0.29, 0.717) is 22.8 Å². The van der Waals surface area contributed by atoms with E-state index in [1.54, 1.807) is 18.2 Å². The first-order chi connectivity index (χ1) is 10.6. The summed E-state index contributed by atoms with van der Waals surface area (Å²) in [6, 6.07) is 4.93. The lowest BCUT2D eigenvalue weighted by Crippen LogP contribution is -2.35. The average Bonchev–Trinajstić information content (AvgIpc) is 2.53. The molecule has 1 saturated heterocycles. The minimum atomic E-state index is -0.195. The maximum Gasteiger partial charge on any atom is 0.253 e. The Bertz CT molecular complexity index is 542. The van der Waals surface area contributed by atoms with Crippen LogP contribution in [0, 0.1) is 5.92 Å². The van der Waals surface area contributed by atoms with Crippen LogP contribution in [0.5, 0.6) is 0 Å². The second kappa shape index (κ2) is 8.15. The Morgan fingerprint density at radius 3 is 2.73 bits per heavy atom. The Morgan fingerprint density at radius 1 is 1.32 bits per heavy atom. The van der Waals surface area contributed by atoms with E-state index in [0.717, 1.165) is 32.4 Å². The van der Waals surface area contributed by atoms with Crippen LogP contribution in [0.2, 0.25) is 5.02 Å². The summed E-state index contributed by atoms with van der Waals surface area (Å²) in [5.74, 6) is -0.265. The van der Waals surface area contributed by atoms with Crippen LogP contribution in [-0.2, 0) is 4.79 Å². The van der Waals surface area contributed by atoms with Gasteiger partial charge in [-0.2, -0.15) is 0 Å². The van der Waals surface area contributed by atoms with Crippen molar-refractivity contribution < 1.29 is 9.59 Å². The van der Waals surface area contributed by atoms with E-state index < -0.39 is 0 Å². The smallest absolute Gasteiger partial charge is 0.253 e. The average molecular weight is 324 g/mol. The molecule has 6 heteroatoms. The zero-order valence-corrected chi connectivity index (χ0v) is 13.5. The van der Waals surface area contributed by atoms with Crippen LogP contribution >= 0.6 is 11.6 Å². The monoisotopic (exact) mass is 323 g/mol. The molecule has 2 amide bonds. The number of nitrogens with one attached hydrogen (secondary N) is 3. The third-order valence-electron chi connectivity index (χ3n) is 3.73. The molecule has 0 saturated carbocycles. The van der Waals surface area contributed by atoms with Gasteiger partial charge in [-0.05, 0) is 50.6 Å². The van der Waals surface area contributed by atoms with Crippen molar-refractivity contribution in [1.82, 2.24) is 10.6 Å². The van der Waals surface area contributed by atoms with Crippen molar-refractivity contribution >= 4 is 29.1 Å². The molecule has 0 unspecified atom stereocenters. The fourth-order valence-corrected chi connectivity index (χ4v) is 2.64. The molecule has 0 bridgehead atoms. The Morgan fingerprint density at radius 2 is 2.05 bits per heavy atom. The quantitative estimate of drug-likeness (QED) is 0.779. The molecule has 1 fully saturated rings. The molecule has 1 aromatic rings. The van der Waals surface area contributed by atoms with Crippen molar-refractivity contribution in [2.24, 2.45) is 5.92 Å². The van der Waals surface area contributed by atoms with Crippen molar-refractivity contribution in [2.45, 2.75) is 26.2 Å². The number of rotatable bonds is 5. The van der Waals surface area contributed by atoms with Crippen LogP contribution in [-0.4, -0.2) is 31.4 Å². The van der Waals surface area contributed by atoms with E-state index in [1.165, 1.54) is 0 Å². The number of piperidine rings is 1. The minimum Gasteiger partial charge on any atom is -0.352 e. The van der Waals surface area contributed by atoms with Gasteiger partial charge in [0.1, 0.15) is 0 Å². The van der Waals surface area contributed by atoms with Crippen molar-refractivity contribution in [1.29, 1.82) is 0 Å². The predicted octanol–water partition coefficient (Wildman–Crippen LogP) is 2.42. The number of halogens is 1. The van der Waals surface area contributed by atoms with Gasteiger partial charge in [0.15, 0.2) is 0 Å². The number of hydrogen-bond donors (Lipinski definition) is 3. The lowest BCUT2D eigenvalue weighted by Gasteiger charge is -2.22. The fourth-order valence-electron chi connectivity index (χ4n) is 2.47. The normalized spacial score (nSPS) is 15.4. The van der Waals surface area contributed by atoms with E-state index in [9.17, 15) is 9.59 Å². The Kier molecular flexibility index (Phi) is 6.21. The number of amides is 2. The molecule has 0 spiro atoms. The number of carbonyl (C=O) groups is 2. The number of benzene rings is 1. The summed E-state index contributed by atoms with van der Waals surface area (Å²) in [6.07, 6.45) is 2.48. The van der Waals surface area contributed by atoms with Gasteiger partial charge in [0.05, 0.1) is 11.3 Å². The van der Waals surface area contributed by atoms with Crippen LogP contribution in [0.3, 0.4) is 0 Å². The van der Waals surface area contributed by atoms with Crippen LogP contribution in [0.1, 0.15) is 36.5 Å². The van der Waals surface area contributed by atoms with E-state index in [2.05, 4.69) is 16.0 Å². The van der Waals surface area contributed by atoms with Crippen LogP contribution in [0.25, 0.3) is 0 Å². The summed E-state index contributed by atoms with van der Waals surface area (Å²) in [5, 5.41) is 9.41. The summed E-state index contributed by atoms with van der Waals surface area (Å²) in [5.41, 5.74) is 0.921. The number of carbonyl (C=O) groups excluding carboxylic acids is 2. The van der Waals surface area contributed by atoms with Gasteiger partial charge in [-0.25, -0.2) is 0 Å². The second-order valence-electron chi connectivity index (χ2n) is 5.46. The van der Waals surface area contributed by atoms with Crippen molar-refractivity contribution in [3.05, 3.63) is 28.8 Å². The highest BCUT2D eigenvalue weighted by atomic mass is 35.5. The Balaban J connectivity index is 2.12. The molecular weight excluding hydrogens is 302 g/mol. The summed E-state index contributed by atoms with van der Waals surface area (Å²) in [6.45, 7) is 4.28. The van der Waals surface area contributed by atoms with Gasteiger partial charge >= 0.3 is 0 Å². The first-order valence-electron chi connectivity index (χ1n) is 7.71. The van der Waals surface area contributed by atoms with E-state index in [4.69, 9.17) is 11.6 Å². The molecule has 0 aromatic heterocycles. The molecule has 1 aromatic carbocycles. The van der Waals surface area contributed by atoms with Gasteiger partial charge in [-0.3, -0.25) is 9.59 Å². The van der Waals surface area contributed by atoms with Crippen molar-refractivity contribution in [2.75, 3.05) is 25.0 Å². The fraction of sp³-hybridized carbons (Fsp3) is 0.500. The molecule has 2 rings (SSSR count). The lowest BCUT2D eigenvalue weighted by molar-refractivity contribution is -0.120. The highest BCUT2D eigenvalue weighted by Gasteiger charge is 2.22. The third-order valence-corrected chi connectivity index (χ3v) is 3.96. The van der Waals surface area contributed by atoms with Gasteiger partial charge < -0.3 is 16.0 Å². The minimum absolute atomic E-state index is 0.0215. The number of anilines is 1. The zero-order chi connectivity index (χ0) is 15.9. The molecule has 120 valence electrons. The van der Waals surface area contributed by atoms with Gasteiger partial charge in [0.2, 0.25) is 5.91 Å². The first kappa shape index (κ1) is 16.8. The van der Waals surface area contributed by atoms with E-state index in [-0.39, 0.29) is 17.7 Å². The van der Waals surface area contributed by atoms with Crippen molar-refractivity contribution in [3.63, 3.8) is 0 Å². The molecule has 3 N–H and O–H groups in total. The highest BCUT2D eigenvalue weighted by Crippen LogP contribution is 2.23. The van der Waals surface area contributed by atoms with Crippen LogP contribution < -0.4 is 16.0 Å². The van der Waals surface area contributed by atoms with Crippen molar-refractivity contribution in [3.8, 4) is 0 Å². The standard InChI is InChI=1S/C16H22ClN3O2/c1-2-7-19-16(22)13-4-3-12(17)10-14(13)20-15(21)11-5-8-18-9-6-11/h3-4,10-11,18H,2,5-9H2,1H3,(H,19,22)(H,20,21). The highest BCUT2D eigenvalue weighted by molar-refractivity contribution is 6.31. The summed E-state index contributed by atoms with van der Waals surface area (Å²) < 4.78 is 0. The maximum atomic E-state index is 12.4. The largest absolute Gasteiger partial charge is 0.352 e. The number of hydrogen-bond acceptors (Lipinski definition) is 3. The topological polar surface area (TPSA) is 70.2 Å². The molecule has 0 aliphatic carbocycles. The second-order valence-corrected chi connectivity index (χ2v) is 5.90. The maximum absolute atomic E-state index is 12.4. The SMILES string of the molecule is CCCNC(=O)c1ccc(Cl)cc1NC(=O)C1CCNCC1. The summed E-state index contributed by atoms with van der Waals surface area (Å²) in [7, 11) is 0. The van der Waals surface area contributed by atoms with E-state index in [1.807, 2.05) is 6.92 Å². The molecule has 1 aliphatic heterocycles. The van der Waals surface area contributed by atoms with Gasteiger partial charge in [0, 0.05) is 17.5 Å². The molecule has 1 heterocycles. The lowest BCUT2D eigenvalue weighted by atomic mass is 9.97. The summed E-state index contributed by atoms with van der Waals surface area (Å²) in [4.78, 5) is 24.5. The third kappa shape index (κ3) is 4.45. The zero-order valence-electron chi connectivity index (χ0n) is 12.7. The van der Waals surface area contributed by atoms with E-state index >= 15 is 0 Å². The summed E-state index contributed by atoms with van der Waals surface area (Å²) >= 11 is 6.00. The van der Waals surface area contributed by atoms with Gasteiger partial charge in [-0.15, -0.1) is 0 Å². The molecular formula is C16H22ClN3O2. The molecule has 1 aliphatic rings. The molecule has 0 radical (unpaired) electrons. The predicted molar refractivity (Wildman–Crippen MR) is 88.3 cm³/mol. The Hall–Kier alpha value is -1.59. The van der Waals surface area contributed by atoms with Gasteiger partial charge in [0.25, 0.3) is 5.91 Å².